The van der Waals surface area contributed by atoms with E-state index in [0.29, 0.717) is 3.95 Å². The van der Waals surface area contributed by atoms with E-state index in [2.05, 4.69) is 0 Å². The number of hydrogen-bond donors (Lipinski definition) is 1. The summed E-state index contributed by atoms with van der Waals surface area (Å²) in [4.78, 5) is 12.0. The summed E-state index contributed by atoms with van der Waals surface area (Å²) in [5.74, 6) is -0.839. The van der Waals surface area contributed by atoms with Crippen molar-refractivity contribution in [3.8, 4) is 0 Å². The van der Waals surface area contributed by atoms with Gasteiger partial charge in [0.15, 0.2) is 3.95 Å². The molecule has 0 saturated carbocycles. The molecule has 1 heterocycles. The van der Waals surface area contributed by atoms with E-state index in [1.54, 1.807) is 11.5 Å². The molecule has 0 aliphatic heterocycles. The Morgan fingerprint density at radius 1 is 1.71 bits per heavy atom. The molecule has 0 aliphatic rings. The first kappa shape index (κ1) is 11.4. The molecule has 1 aromatic rings. The third-order valence-corrected chi connectivity index (χ3v) is 3.57. The van der Waals surface area contributed by atoms with Crippen LogP contribution in [0.2, 0.25) is 0 Å². The first-order valence-corrected chi connectivity index (χ1v) is 5.65. The molecule has 0 radical (unpaired) electrons. The number of nitrogens with zero attached hydrogens (tertiary/aromatic N) is 1. The van der Waals surface area contributed by atoms with E-state index in [4.69, 9.17) is 17.3 Å². The molecule has 1 rings (SSSR count). The molecule has 0 fully saturated rings. The number of aliphatic carboxylic acids is 1. The zero-order valence-corrected chi connectivity index (χ0v) is 10.0. The van der Waals surface area contributed by atoms with Gasteiger partial charge >= 0.3 is 5.97 Å². The maximum atomic E-state index is 10.9. The van der Waals surface area contributed by atoms with Crippen LogP contribution in [0.25, 0.3) is 0 Å². The molecular weight excluding hydrogens is 218 g/mol. The van der Waals surface area contributed by atoms with Crippen LogP contribution < -0.4 is 0 Å². The zero-order chi connectivity index (χ0) is 10.9. The molecule has 1 unspecified atom stereocenters. The highest BCUT2D eigenvalue weighted by Crippen LogP contribution is 2.23. The van der Waals surface area contributed by atoms with E-state index >= 15 is 0 Å². The van der Waals surface area contributed by atoms with Gasteiger partial charge in [-0.25, -0.2) is 4.79 Å². The van der Waals surface area contributed by atoms with Crippen LogP contribution in [-0.2, 0) is 11.2 Å². The zero-order valence-electron chi connectivity index (χ0n) is 8.40. The second-order valence-electron chi connectivity index (χ2n) is 3.11. The normalized spacial score (nSPS) is 12.8. The van der Waals surface area contributed by atoms with Crippen molar-refractivity contribution in [1.29, 1.82) is 0 Å². The van der Waals surface area contributed by atoms with Gasteiger partial charge in [0.05, 0.1) is 0 Å². The molecule has 5 heteroatoms. The fraction of sp³-hybridized carbons (Fsp3) is 0.556. The number of carbonyl (C=O) groups is 1. The maximum Gasteiger partial charge on any atom is 0.326 e. The lowest BCUT2D eigenvalue weighted by atomic mass is 10.2. The standard InChI is InChI=1S/C9H13NO2S2/c1-4-7-6(3)14-9(13)10(7)5(2)8(11)12/h5H,4H2,1-3H3,(H,11,12). The van der Waals surface area contributed by atoms with E-state index in [-0.39, 0.29) is 0 Å². The van der Waals surface area contributed by atoms with Gasteiger partial charge in [0.1, 0.15) is 6.04 Å². The van der Waals surface area contributed by atoms with Crippen LogP contribution in [-0.4, -0.2) is 15.6 Å². The number of carboxylic acids is 1. The summed E-state index contributed by atoms with van der Waals surface area (Å²) in [7, 11) is 0. The van der Waals surface area contributed by atoms with Crippen LogP contribution >= 0.6 is 23.6 Å². The average molecular weight is 231 g/mol. The lowest BCUT2D eigenvalue weighted by Gasteiger charge is -2.12. The molecule has 3 nitrogen and oxygen atoms in total. The van der Waals surface area contributed by atoms with Gasteiger partial charge in [-0.15, -0.1) is 11.3 Å². The SMILES string of the molecule is CCc1c(C)sc(=S)n1C(C)C(=O)O. The summed E-state index contributed by atoms with van der Waals surface area (Å²) >= 11 is 6.62. The monoisotopic (exact) mass is 231 g/mol. The summed E-state index contributed by atoms with van der Waals surface area (Å²) in [6.07, 6.45) is 0.816. The van der Waals surface area contributed by atoms with Crippen LogP contribution in [0.5, 0.6) is 0 Å². The van der Waals surface area contributed by atoms with E-state index in [1.807, 2.05) is 13.8 Å². The predicted octanol–water partition coefficient (Wildman–Crippen LogP) is 2.80. The second kappa shape index (κ2) is 4.23. The summed E-state index contributed by atoms with van der Waals surface area (Å²) in [6.45, 7) is 5.64. The Labute approximate surface area is 92.0 Å². The number of carboxylic acid groups (broad SMARTS) is 1. The van der Waals surface area contributed by atoms with E-state index in [0.717, 1.165) is 17.0 Å². The second-order valence-corrected chi connectivity index (χ2v) is 4.96. The van der Waals surface area contributed by atoms with Crippen molar-refractivity contribution in [2.45, 2.75) is 33.2 Å². The van der Waals surface area contributed by atoms with E-state index in [1.165, 1.54) is 11.3 Å². The Balaban J connectivity index is 3.32. The molecule has 0 spiro atoms. The molecule has 0 saturated heterocycles. The Bertz CT molecular complexity index is 405. The fourth-order valence-electron chi connectivity index (χ4n) is 1.44. The molecular formula is C9H13NO2S2. The van der Waals surface area contributed by atoms with Crippen LogP contribution in [0, 0.1) is 10.9 Å². The van der Waals surface area contributed by atoms with Crippen molar-refractivity contribution in [3.05, 3.63) is 14.5 Å². The smallest absolute Gasteiger partial charge is 0.326 e. The first-order valence-electron chi connectivity index (χ1n) is 4.42. The molecule has 1 atom stereocenters. The Morgan fingerprint density at radius 2 is 2.29 bits per heavy atom. The highest BCUT2D eigenvalue weighted by molar-refractivity contribution is 7.73. The minimum absolute atomic E-state index is 0.567. The third-order valence-electron chi connectivity index (χ3n) is 2.21. The number of thiazole rings is 1. The van der Waals surface area contributed by atoms with Crippen molar-refractivity contribution < 1.29 is 9.90 Å². The highest BCUT2D eigenvalue weighted by Gasteiger charge is 2.18. The fourth-order valence-corrected chi connectivity index (χ4v) is 3.07. The Morgan fingerprint density at radius 3 is 2.71 bits per heavy atom. The average Bonchev–Trinajstić information content (AvgIpc) is 2.38. The van der Waals surface area contributed by atoms with Crippen LogP contribution in [0.4, 0.5) is 0 Å². The Kier molecular flexibility index (Phi) is 3.44. The van der Waals surface area contributed by atoms with Crippen molar-refractivity contribution in [3.63, 3.8) is 0 Å². The van der Waals surface area contributed by atoms with Crippen LogP contribution in [0.15, 0.2) is 0 Å². The van der Waals surface area contributed by atoms with Gasteiger partial charge in [-0.1, -0.05) is 6.92 Å². The van der Waals surface area contributed by atoms with Gasteiger partial charge in [0, 0.05) is 10.6 Å². The summed E-state index contributed by atoms with van der Waals surface area (Å²) in [5, 5.41) is 8.93. The molecule has 14 heavy (non-hydrogen) atoms. The van der Waals surface area contributed by atoms with Crippen molar-refractivity contribution >= 4 is 29.5 Å². The summed E-state index contributed by atoms with van der Waals surface area (Å²) in [5.41, 5.74) is 1.04. The quantitative estimate of drug-likeness (QED) is 0.813. The largest absolute Gasteiger partial charge is 0.480 e. The minimum Gasteiger partial charge on any atom is -0.480 e. The molecule has 78 valence electrons. The molecule has 1 N–H and O–H groups in total. The van der Waals surface area contributed by atoms with Crippen LogP contribution in [0.1, 0.15) is 30.5 Å². The van der Waals surface area contributed by atoms with E-state index < -0.39 is 12.0 Å². The van der Waals surface area contributed by atoms with Gasteiger partial charge in [-0.05, 0) is 32.5 Å². The summed E-state index contributed by atoms with van der Waals surface area (Å²) in [6, 6.07) is -0.567. The predicted molar refractivity (Wildman–Crippen MR) is 59.6 cm³/mol. The van der Waals surface area contributed by atoms with Gasteiger partial charge in [-0.3, -0.25) is 0 Å². The van der Waals surface area contributed by atoms with Gasteiger partial charge < -0.3 is 9.67 Å². The number of aromatic nitrogens is 1. The number of rotatable bonds is 3. The molecule has 0 amide bonds. The topological polar surface area (TPSA) is 42.2 Å². The molecule has 1 aromatic heterocycles. The first-order chi connectivity index (χ1) is 6.49. The van der Waals surface area contributed by atoms with Crippen molar-refractivity contribution in [1.82, 2.24) is 4.57 Å². The van der Waals surface area contributed by atoms with E-state index in [9.17, 15) is 4.79 Å². The van der Waals surface area contributed by atoms with Crippen molar-refractivity contribution in [2.24, 2.45) is 0 Å². The molecule has 0 bridgehead atoms. The molecule has 0 aliphatic carbocycles. The maximum absolute atomic E-state index is 10.9. The minimum atomic E-state index is -0.839. The molecule has 0 aromatic carbocycles. The third kappa shape index (κ3) is 1.88. The van der Waals surface area contributed by atoms with Gasteiger partial charge in [0.25, 0.3) is 0 Å². The highest BCUT2D eigenvalue weighted by atomic mass is 32.1. The summed E-state index contributed by atoms with van der Waals surface area (Å²) < 4.78 is 2.38. The van der Waals surface area contributed by atoms with Crippen LogP contribution in [0.3, 0.4) is 0 Å². The lowest BCUT2D eigenvalue weighted by Crippen LogP contribution is -2.17. The Hall–Kier alpha value is -0.680. The number of hydrogen-bond acceptors (Lipinski definition) is 3. The van der Waals surface area contributed by atoms with Gasteiger partial charge in [-0.2, -0.15) is 0 Å². The number of aryl methyl sites for hydroxylation is 1. The van der Waals surface area contributed by atoms with Crippen molar-refractivity contribution in [2.75, 3.05) is 0 Å². The van der Waals surface area contributed by atoms with Gasteiger partial charge in [0.2, 0.25) is 0 Å². The lowest BCUT2D eigenvalue weighted by molar-refractivity contribution is -0.140.